The Morgan fingerprint density at radius 3 is 1.33 bits per heavy atom. The second kappa shape index (κ2) is 12.3. The summed E-state index contributed by atoms with van der Waals surface area (Å²) in [7, 11) is 0. The molecule has 8 aromatic carbocycles. The largest absolute Gasteiger partial charge is 0.309 e. The Hall–Kier alpha value is -6.92. The summed E-state index contributed by atoms with van der Waals surface area (Å²) in [5.74, 6) is -2.67. The summed E-state index contributed by atoms with van der Waals surface area (Å²) in [6.07, 6.45) is 0. The van der Waals surface area contributed by atoms with Gasteiger partial charge >= 0.3 is 0 Å². The van der Waals surface area contributed by atoms with Crippen molar-refractivity contribution >= 4 is 43.6 Å². The maximum atomic E-state index is 14.4. The summed E-state index contributed by atoms with van der Waals surface area (Å²) >= 11 is 0. The van der Waals surface area contributed by atoms with Crippen LogP contribution in [0.5, 0.6) is 0 Å². The van der Waals surface area contributed by atoms with Crippen LogP contribution in [0.15, 0.2) is 170 Å². The number of hydrogen-bond acceptors (Lipinski definition) is 0. The molecule has 0 spiro atoms. The molecule has 10 aromatic rings. The fraction of sp³-hybridized carbons (Fsp3) is 0. The molecule has 0 saturated heterocycles. The van der Waals surface area contributed by atoms with Gasteiger partial charge in [-0.25, -0.2) is 17.6 Å². The molecule has 0 N–H and O–H groups in total. The molecule has 2 aromatic heterocycles. The summed E-state index contributed by atoms with van der Waals surface area (Å²) in [5, 5.41) is 4.01. The van der Waals surface area contributed by atoms with E-state index >= 15 is 0 Å². The van der Waals surface area contributed by atoms with Crippen LogP contribution in [-0.2, 0) is 0 Å². The van der Waals surface area contributed by atoms with Crippen LogP contribution in [0.2, 0.25) is 0 Å². The van der Waals surface area contributed by atoms with Crippen LogP contribution >= 0.6 is 0 Å². The molecule has 10 rings (SSSR count). The van der Waals surface area contributed by atoms with Gasteiger partial charge < -0.3 is 9.13 Å². The molecule has 0 amide bonds. The van der Waals surface area contributed by atoms with E-state index < -0.39 is 23.3 Å². The lowest BCUT2D eigenvalue weighted by atomic mass is 10.00. The van der Waals surface area contributed by atoms with Crippen molar-refractivity contribution in [3.8, 4) is 44.8 Å². The summed E-state index contributed by atoms with van der Waals surface area (Å²) in [5.41, 5.74) is 9.99. The summed E-state index contributed by atoms with van der Waals surface area (Å²) in [4.78, 5) is 0. The minimum Gasteiger partial charge on any atom is -0.309 e. The van der Waals surface area contributed by atoms with Crippen molar-refractivity contribution in [2.75, 3.05) is 0 Å². The minimum absolute atomic E-state index is 0.404. The maximum Gasteiger partial charge on any atom is 0.126 e. The van der Waals surface area contributed by atoms with Gasteiger partial charge in [-0.15, -0.1) is 0 Å². The Kier molecular flexibility index (Phi) is 7.27. The van der Waals surface area contributed by atoms with E-state index in [1.165, 1.54) is 35.0 Å². The third kappa shape index (κ3) is 5.18. The number of aromatic nitrogens is 2. The number of hydrogen-bond donors (Lipinski definition) is 0. The highest BCUT2D eigenvalue weighted by Gasteiger charge is 2.19. The molecule has 0 atom stereocenters. The molecule has 0 bridgehead atoms. The first-order valence-electron chi connectivity index (χ1n) is 17.6. The second-order valence-electron chi connectivity index (χ2n) is 13.6. The Labute approximate surface area is 307 Å². The van der Waals surface area contributed by atoms with Crippen molar-refractivity contribution in [3.63, 3.8) is 0 Å². The molecule has 258 valence electrons. The van der Waals surface area contributed by atoms with Crippen LogP contribution in [0.3, 0.4) is 0 Å². The lowest BCUT2D eigenvalue weighted by Gasteiger charge is -2.16. The highest BCUT2D eigenvalue weighted by Crippen LogP contribution is 2.41. The Bertz CT molecular complexity index is 2910. The predicted molar refractivity (Wildman–Crippen MR) is 211 cm³/mol. The van der Waals surface area contributed by atoms with Crippen LogP contribution in [0.25, 0.3) is 88.4 Å². The van der Waals surface area contributed by atoms with Crippen molar-refractivity contribution < 1.29 is 17.6 Å². The van der Waals surface area contributed by atoms with Crippen molar-refractivity contribution in [2.24, 2.45) is 0 Å². The first-order valence-corrected chi connectivity index (χ1v) is 17.6. The number of fused-ring (bicyclic) bond motifs is 6. The molecule has 0 aliphatic carbocycles. The zero-order chi connectivity index (χ0) is 36.5. The smallest absolute Gasteiger partial charge is 0.126 e. The predicted octanol–water partition coefficient (Wildman–Crippen LogP) is 13.4. The van der Waals surface area contributed by atoms with E-state index in [4.69, 9.17) is 0 Å². The molecule has 0 aliphatic heterocycles. The number of benzene rings is 8. The number of nitrogens with zero attached hydrogens (tertiary/aromatic N) is 2. The van der Waals surface area contributed by atoms with Crippen molar-refractivity contribution in [1.82, 2.24) is 9.13 Å². The van der Waals surface area contributed by atoms with E-state index in [1.807, 2.05) is 48.5 Å². The van der Waals surface area contributed by atoms with E-state index in [9.17, 15) is 17.6 Å². The van der Waals surface area contributed by atoms with Crippen molar-refractivity contribution in [3.05, 3.63) is 193 Å². The zero-order valence-corrected chi connectivity index (χ0v) is 28.6. The molecule has 0 aliphatic rings. The van der Waals surface area contributed by atoms with Crippen molar-refractivity contribution in [1.29, 1.82) is 0 Å². The molecular weight excluding hydrogens is 681 g/mol. The number of halogens is 4. The van der Waals surface area contributed by atoms with Gasteiger partial charge in [0.1, 0.15) is 23.3 Å². The molecule has 6 heteroatoms. The molecule has 2 heterocycles. The van der Waals surface area contributed by atoms with Gasteiger partial charge in [0.2, 0.25) is 0 Å². The maximum absolute atomic E-state index is 14.4. The van der Waals surface area contributed by atoms with Gasteiger partial charge in [0.15, 0.2) is 0 Å². The van der Waals surface area contributed by atoms with Crippen molar-refractivity contribution in [2.45, 2.75) is 0 Å². The Morgan fingerprint density at radius 2 is 0.778 bits per heavy atom. The third-order valence-corrected chi connectivity index (χ3v) is 10.3. The first-order chi connectivity index (χ1) is 26.4. The molecule has 0 saturated carbocycles. The van der Waals surface area contributed by atoms with E-state index in [0.29, 0.717) is 22.3 Å². The quantitative estimate of drug-likeness (QED) is 0.158. The molecule has 0 radical (unpaired) electrons. The zero-order valence-electron chi connectivity index (χ0n) is 28.6. The lowest BCUT2D eigenvalue weighted by molar-refractivity contribution is 0.583. The lowest BCUT2D eigenvalue weighted by Crippen LogP contribution is -1.98. The average Bonchev–Trinajstić information content (AvgIpc) is 3.69. The summed E-state index contributed by atoms with van der Waals surface area (Å²) < 4.78 is 62.0. The van der Waals surface area contributed by atoms with E-state index in [0.717, 1.165) is 67.5 Å². The van der Waals surface area contributed by atoms with Crippen LogP contribution in [0, 0.1) is 23.3 Å². The normalized spacial score (nSPS) is 11.7. The van der Waals surface area contributed by atoms with Crippen LogP contribution < -0.4 is 0 Å². The fourth-order valence-corrected chi connectivity index (χ4v) is 8.01. The van der Waals surface area contributed by atoms with E-state index in [2.05, 4.69) is 94.1 Å². The van der Waals surface area contributed by atoms with E-state index in [-0.39, 0.29) is 0 Å². The van der Waals surface area contributed by atoms with Gasteiger partial charge in [0, 0.05) is 44.9 Å². The highest BCUT2D eigenvalue weighted by atomic mass is 19.1. The van der Waals surface area contributed by atoms with Gasteiger partial charge in [-0.1, -0.05) is 78.9 Å². The summed E-state index contributed by atoms with van der Waals surface area (Å²) in [6.45, 7) is 0. The monoisotopic (exact) mass is 708 g/mol. The van der Waals surface area contributed by atoms with Crippen LogP contribution in [-0.4, -0.2) is 9.13 Å². The molecule has 54 heavy (non-hydrogen) atoms. The second-order valence-corrected chi connectivity index (χ2v) is 13.6. The SMILES string of the molecule is Fc1cc(F)cc(-c2ccc3c(c2)c2cc(-c4cc(F)cc(F)c4)ccc2n3-c2ccccc2-c2cccc(-n3c4ccccc4c4ccccc43)c2)c1. The standard InChI is InChI=1S/C48H28F4N2/c49-34-20-32(21-35(50)27-34)29-16-18-47-42(25-29)43-26-30(33-22-36(51)28-37(52)23-33)17-19-48(43)54(47)44-13-4-1-10-39(44)31-8-7-9-38(24-31)53-45-14-5-2-11-40(45)41-12-3-6-15-46(41)53/h1-28H. The number of rotatable bonds is 5. The van der Waals surface area contributed by atoms with E-state index in [1.54, 1.807) is 0 Å². The van der Waals surface area contributed by atoms with Gasteiger partial charge in [0.05, 0.1) is 27.8 Å². The Morgan fingerprint density at radius 1 is 0.296 bits per heavy atom. The topological polar surface area (TPSA) is 9.86 Å². The Balaban J connectivity index is 1.20. The fourth-order valence-electron chi connectivity index (χ4n) is 8.01. The molecule has 0 fully saturated rings. The summed E-state index contributed by atoms with van der Waals surface area (Å²) in [6, 6.07) is 52.0. The van der Waals surface area contributed by atoms with Gasteiger partial charge in [-0.05, 0) is 107 Å². The molecular formula is C48H28F4N2. The molecule has 0 unspecified atom stereocenters. The highest BCUT2D eigenvalue weighted by molar-refractivity contribution is 6.12. The molecule has 2 nitrogen and oxygen atoms in total. The van der Waals surface area contributed by atoms with Crippen LogP contribution in [0.1, 0.15) is 0 Å². The third-order valence-electron chi connectivity index (χ3n) is 10.3. The minimum atomic E-state index is -0.667. The van der Waals surface area contributed by atoms with Gasteiger partial charge in [-0.2, -0.15) is 0 Å². The number of para-hydroxylation sites is 3. The average molecular weight is 709 g/mol. The van der Waals surface area contributed by atoms with Gasteiger partial charge in [0.25, 0.3) is 0 Å². The van der Waals surface area contributed by atoms with Gasteiger partial charge in [-0.3, -0.25) is 0 Å². The van der Waals surface area contributed by atoms with Crippen LogP contribution in [0.4, 0.5) is 17.6 Å². The first kappa shape index (κ1) is 31.8.